The SMILES string of the molecule is O=C(O)c1ccc2c(S(=O)(=O)O)c3cc4c(S(=O)(=O)O)c(C(=O)O)c5cc6cccc7cc8c(O)cc9c%10c(O)cc1c2c%10c3c1c4c5c(c67)c8c91. The summed E-state index contributed by atoms with van der Waals surface area (Å²) in [6.07, 6.45) is 0. The van der Waals surface area contributed by atoms with Crippen LogP contribution in [0.3, 0.4) is 0 Å². The second-order valence-corrected chi connectivity index (χ2v) is 16.0. The van der Waals surface area contributed by atoms with Gasteiger partial charge in [0, 0.05) is 53.9 Å². The molecule has 52 heavy (non-hydrogen) atoms. The summed E-state index contributed by atoms with van der Waals surface area (Å²) in [6.45, 7) is 0. The van der Waals surface area contributed by atoms with E-state index in [0.717, 1.165) is 12.1 Å². The van der Waals surface area contributed by atoms with E-state index >= 15 is 0 Å². The fraction of sp³-hybridized carbons (Fsp3) is 0. The third kappa shape index (κ3) is 3.08. The summed E-state index contributed by atoms with van der Waals surface area (Å²) in [5.74, 6) is -3.70. The molecule has 11 aromatic carbocycles. The van der Waals surface area contributed by atoms with Crippen LogP contribution in [-0.2, 0) is 20.2 Å². The lowest BCUT2D eigenvalue weighted by Gasteiger charge is -2.28. The number of carboxylic acid groups (broad SMARTS) is 2. The second-order valence-electron chi connectivity index (χ2n) is 13.3. The van der Waals surface area contributed by atoms with Crippen LogP contribution in [0.25, 0.3) is 108 Å². The number of benzene rings is 11. The van der Waals surface area contributed by atoms with E-state index in [0.29, 0.717) is 37.7 Å². The molecule has 14 heteroatoms. The van der Waals surface area contributed by atoms with Gasteiger partial charge in [-0.15, -0.1) is 0 Å². The highest BCUT2D eigenvalue weighted by atomic mass is 32.2. The van der Waals surface area contributed by atoms with E-state index in [9.17, 15) is 56.0 Å². The van der Waals surface area contributed by atoms with Crippen molar-refractivity contribution in [3.63, 3.8) is 0 Å². The molecular weight excluding hydrogens is 713 g/mol. The molecule has 0 saturated carbocycles. The Morgan fingerprint density at radius 2 is 0.981 bits per heavy atom. The first-order chi connectivity index (χ1) is 24.6. The van der Waals surface area contributed by atoms with Crippen molar-refractivity contribution in [3.8, 4) is 11.5 Å². The molecule has 0 aliphatic carbocycles. The van der Waals surface area contributed by atoms with Crippen LogP contribution >= 0.6 is 0 Å². The van der Waals surface area contributed by atoms with Gasteiger partial charge in [0.1, 0.15) is 21.3 Å². The van der Waals surface area contributed by atoms with Crippen molar-refractivity contribution in [1.82, 2.24) is 0 Å². The first kappa shape index (κ1) is 29.4. The Bertz CT molecular complexity index is 3760. The van der Waals surface area contributed by atoms with Crippen molar-refractivity contribution in [1.29, 1.82) is 0 Å². The van der Waals surface area contributed by atoms with E-state index in [4.69, 9.17) is 0 Å². The van der Waals surface area contributed by atoms with Gasteiger partial charge < -0.3 is 20.4 Å². The Balaban J connectivity index is 1.67. The molecule has 12 nitrogen and oxygen atoms in total. The van der Waals surface area contributed by atoms with Crippen LogP contribution in [0.5, 0.6) is 11.5 Å². The average Bonchev–Trinajstić information content (AvgIpc) is 3.06. The van der Waals surface area contributed by atoms with E-state index in [1.54, 1.807) is 24.3 Å². The predicted octanol–water partition coefficient (Wildman–Crippen LogP) is 7.71. The highest BCUT2D eigenvalue weighted by molar-refractivity contribution is 7.86. The average molecular weight is 729 g/mol. The zero-order valence-electron chi connectivity index (χ0n) is 25.7. The molecule has 0 fully saturated rings. The van der Waals surface area contributed by atoms with Crippen molar-refractivity contribution in [2.75, 3.05) is 0 Å². The van der Waals surface area contributed by atoms with Crippen molar-refractivity contribution in [2.24, 2.45) is 0 Å². The molecule has 11 aromatic rings. The summed E-state index contributed by atoms with van der Waals surface area (Å²) >= 11 is 0. The smallest absolute Gasteiger partial charge is 0.337 e. The number of rotatable bonds is 4. The van der Waals surface area contributed by atoms with Crippen molar-refractivity contribution in [2.45, 2.75) is 9.79 Å². The quantitative estimate of drug-likeness (QED) is 0.0582. The van der Waals surface area contributed by atoms with E-state index in [1.165, 1.54) is 24.3 Å². The number of hydrogen-bond acceptors (Lipinski definition) is 8. The van der Waals surface area contributed by atoms with Gasteiger partial charge in [-0.25, -0.2) is 9.59 Å². The molecule has 0 bridgehead atoms. The summed E-state index contributed by atoms with van der Waals surface area (Å²) in [6, 6.07) is 14.5. The maximum absolute atomic E-state index is 13.5. The third-order valence-electron chi connectivity index (χ3n) is 10.9. The van der Waals surface area contributed by atoms with Gasteiger partial charge in [0.25, 0.3) is 20.2 Å². The minimum atomic E-state index is -5.38. The zero-order chi connectivity index (χ0) is 36.2. The third-order valence-corrected chi connectivity index (χ3v) is 12.8. The maximum Gasteiger partial charge on any atom is 0.337 e. The van der Waals surface area contributed by atoms with Crippen molar-refractivity contribution >= 4 is 140 Å². The Morgan fingerprint density at radius 1 is 0.442 bits per heavy atom. The monoisotopic (exact) mass is 728 g/mol. The molecule has 0 aromatic heterocycles. The van der Waals surface area contributed by atoms with E-state index < -0.39 is 53.3 Å². The lowest BCUT2D eigenvalue weighted by atomic mass is 9.76. The molecule has 0 aliphatic rings. The number of hydrogen-bond donors (Lipinski definition) is 6. The Morgan fingerprint density at radius 3 is 1.63 bits per heavy atom. The molecule has 252 valence electrons. The summed E-state index contributed by atoms with van der Waals surface area (Å²) in [5.41, 5.74) is -1.06. The molecule has 0 aliphatic heterocycles. The summed E-state index contributed by atoms with van der Waals surface area (Å²) in [4.78, 5) is 23.9. The van der Waals surface area contributed by atoms with Gasteiger partial charge in [0.05, 0.1) is 11.1 Å². The molecule has 0 spiro atoms. The van der Waals surface area contributed by atoms with Gasteiger partial charge in [-0.2, -0.15) is 16.8 Å². The Kier molecular flexibility index (Phi) is 4.85. The van der Waals surface area contributed by atoms with Gasteiger partial charge in [-0.05, 0) is 90.3 Å². The highest BCUT2D eigenvalue weighted by Crippen LogP contribution is 2.59. The molecule has 0 amide bonds. The Hall–Kier alpha value is -6.32. The molecule has 6 N–H and O–H groups in total. The van der Waals surface area contributed by atoms with Gasteiger partial charge in [0.15, 0.2) is 0 Å². The molecule has 0 radical (unpaired) electrons. The number of phenolic OH excluding ortho intramolecular Hbond substituents is 2. The van der Waals surface area contributed by atoms with Crippen LogP contribution in [-0.4, -0.2) is 58.3 Å². The lowest BCUT2D eigenvalue weighted by molar-refractivity contribution is 0.0686. The topological polar surface area (TPSA) is 224 Å². The summed E-state index contributed by atoms with van der Waals surface area (Å²) < 4.78 is 75.4. The first-order valence-electron chi connectivity index (χ1n) is 15.5. The molecule has 0 heterocycles. The zero-order valence-corrected chi connectivity index (χ0v) is 27.4. The number of fused-ring (bicyclic) bond motifs is 1. The molecule has 0 saturated heterocycles. The molecular formula is C38H16O12S2. The van der Waals surface area contributed by atoms with Crippen molar-refractivity contribution in [3.05, 3.63) is 71.8 Å². The van der Waals surface area contributed by atoms with Gasteiger partial charge in [-0.3, -0.25) is 9.11 Å². The van der Waals surface area contributed by atoms with Crippen LogP contribution in [0.15, 0.2) is 70.5 Å². The number of carbonyl (C=O) groups is 2. The number of carboxylic acids is 2. The summed E-state index contributed by atoms with van der Waals surface area (Å²) in [5, 5.41) is 48.1. The van der Waals surface area contributed by atoms with Gasteiger partial charge in [-0.1, -0.05) is 24.3 Å². The van der Waals surface area contributed by atoms with Crippen molar-refractivity contribution < 1.29 is 56.0 Å². The maximum atomic E-state index is 13.5. The Labute approximate surface area is 288 Å². The predicted molar refractivity (Wildman–Crippen MR) is 194 cm³/mol. The second kappa shape index (κ2) is 8.58. The number of aromatic carboxylic acids is 2. The minimum absolute atomic E-state index is 0.0536. The van der Waals surface area contributed by atoms with E-state index in [-0.39, 0.29) is 81.3 Å². The van der Waals surface area contributed by atoms with Gasteiger partial charge in [0.2, 0.25) is 0 Å². The molecule has 0 unspecified atom stereocenters. The van der Waals surface area contributed by atoms with Crippen LogP contribution < -0.4 is 0 Å². The normalized spacial score (nSPS) is 13.6. The molecule has 11 rings (SSSR count). The van der Waals surface area contributed by atoms with Gasteiger partial charge >= 0.3 is 11.9 Å². The number of aromatic hydroxyl groups is 2. The largest absolute Gasteiger partial charge is 0.507 e. The first-order valence-corrected chi connectivity index (χ1v) is 18.4. The fourth-order valence-electron chi connectivity index (χ4n) is 9.38. The summed E-state index contributed by atoms with van der Waals surface area (Å²) in [7, 11) is -10.6. The highest BCUT2D eigenvalue weighted by Gasteiger charge is 2.36. The standard InChI is InChI=1S/C38H16O12S2/c39-21-10-18-25-22(40)9-15-13(37(41)42)4-5-14-24(15)33(25)30-19(35(14)51(45,46)47)8-20-29-27-17(31(38(43)44)36(20)52(48,49)50)7-12-3-1-2-11-6-16(21)26(28(18)34(29)30)32(27)23(11)12/h1-10,39-40H,(H,41,42)(H,43,44)(H,45,46,47)(H,48,49,50). The van der Waals surface area contributed by atoms with E-state index in [1.807, 2.05) is 0 Å². The van der Waals surface area contributed by atoms with Crippen LogP contribution in [0.2, 0.25) is 0 Å². The van der Waals surface area contributed by atoms with Crippen LogP contribution in [0, 0.1) is 0 Å². The number of phenols is 2. The lowest BCUT2D eigenvalue weighted by Crippen LogP contribution is -2.12. The fourth-order valence-corrected chi connectivity index (χ4v) is 11.2. The van der Waals surface area contributed by atoms with E-state index in [2.05, 4.69) is 0 Å². The molecule has 0 atom stereocenters. The van der Waals surface area contributed by atoms with Crippen LogP contribution in [0.4, 0.5) is 0 Å². The van der Waals surface area contributed by atoms with Crippen LogP contribution in [0.1, 0.15) is 20.7 Å². The minimum Gasteiger partial charge on any atom is -0.507 e.